The summed E-state index contributed by atoms with van der Waals surface area (Å²) in [5, 5.41) is 1.61. The molecule has 0 saturated heterocycles. The number of rotatable bonds is 9. The molecule has 0 saturated carbocycles. The predicted molar refractivity (Wildman–Crippen MR) is 251 cm³/mol. The minimum absolute atomic E-state index is 0.103. The second-order valence-corrected chi connectivity index (χ2v) is 14.2. The number of benzene rings is 10. The van der Waals surface area contributed by atoms with E-state index in [-0.39, 0.29) is 46.7 Å². The summed E-state index contributed by atoms with van der Waals surface area (Å²) >= 11 is 0. The van der Waals surface area contributed by atoms with Crippen molar-refractivity contribution in [3.8, 4) is 66.8 Å². The summed E-state index contributed by atoms with van der Waals surface area (Å²) < 4.78 is 77.2. The summed E-state index contributed by atoms with van der Waals surface area (Å²) in [4.78, 5) is 1.45. The fraction of sp³-hybridized carbons (Fsp3) is 0. The van der Waals surface area contributed by atoms with E-state index in [0.29, 0.717) is 22.4 Å². The lowest BCUT2D eigenvalue weighted by Crippen LogP contribution is -2.11. The Labute approximate surface area is 358 Å². The first-order chi connectivity index (χ1) is 32.6. The maximum absolute atomic E-state index is 10.1. The van der Waals surface area contributed by atoms with Crippen molar-refractivity contribution in [2.45, 2.75) is 0 Å². The van der Waals surface area contributed by atoms with Gasteiger partial charge in [-0.2, -0.15) is 0 Å². The fourth-order valence-electron chi connectivity index (χ4n) is 7.84. The Balaban J connectivity index is 1.26. The zero-order valence-electron chi connectivity index (χ0n) is 40.0. The van der Waals surface area contributed by atoms with Crippen LogP contribution in [0.15, 0.2) is 249 Å². The molecule has 0 spiro atoms. The topological polar surface area (TPSA) is 3.24 Å². The summed E-state index contributed by atoms with van der Waals surface area (Å²) in [6.45, 7) is 0. The van der Waals surface area contributed by atoms with E-state index in [2.05, 4.69) is 24.3 Å². The normalized spacial score (nSPS) is 12.9. The number of fused-ring (bicyclic) bond motifs is 1. The smallest absolute Gasteiger partial charge is 0.0651 e. The van der Waals surface area contributed by atoms with Gasteiger partial charge in [0.15, 0.2) is 0 Å². The van der Waals surface area contributed by atoms with Gasteiger partial charge in [0, 0.05) is 16.9 Å². The van der Waals surface area contributed by atoms with Crippen LogP contribution < -0.4 is 4.90 Å². The zero-order chi connectivity index (χ0) is 46.3. The Morgan fingerprint density at radius 1 is 0.288 bits per heavy atom. The highest BCUT2D eigenvalue weighted by Crippen LogP contribution is 2.46. The van der Waals surface area contributed by atoms with E-state index in [1.807, 2.05) is 146 Å². The van der Waals surface area contributed by atoms with E-state index >= 15 is 0 Å². The molecule has 0 N–H and O–H groups in total. The number of hydrogen-bond acceptors (Lipinski definition) is 1. The summed E-state index contributed by atoms with van der Waals surface area (Å²) in [5.41, 5.74) is 8.40. The summed E-state index contributed by atoms with van der Waals surface area (Å²) in [6, 6.07) is 61.0. The van der Waals surface area contributed by atoms with Gasteiger partial charge in [-0.25, -0.2) is 0 Å². The molecule has 1 nitrogen and oxygen atoms in total. The quantitative estimate of drug-likeness (QED) is 0.142. The average Bonchev–Trinajstić information content (AvgIpc) is 3.38. The molecule has 0 atom stereocenters. The molecule has 0 radical (unpaired) electrons. The lowest BCUT2D eigenvalue weighted by Gasteiger charge is -2.29. The molecule has 0 amide bonds. The molecule has 1 heteroatoms. The molecular weight excluding hydrogens is 711 g/mol. The molecule has 0 aliphatic carbocycles. The number of nitrogens with zero attached hydrogens (tertiary/aromatic N) is 1. The van der Waals surface area contributed by atoms with Crippen LogP contribution in [-0.4, -0.2) is 0 Å². The maximum atomic E-state index is 10.1. The predicted octanol–water partition coefficient (Wildman–Crippen LogP) is 16.3. The third-order valence-corrected chi connectivity index (χ3v) is 10.7. The molecule has 278 valence electrons. The van der Waals surface area contributed by atoms with Crippen LogP contribution >= 0.6 is 0 Å². The van der Waals surface area contributed by atoms with Gasteiger partial charge < -0.3 is 4.90 Å². The average molecular weight is 760 g/mol. The largest absolute Gasteiger partial charge is 0.310 e. The SMILES string of the molecule is [2H]c1c([2H])c(-c2cccc3ccccc23)c([2H])c(N(c2ccccc2-c2ccccc2-c2ccccc2-c2ccccc2)c2c([2H])c([2H])c(-c3ccc(-c4ccccc4)cc3)c([2H])c2[2H])c1[2H]. The highest BCUT2D eigenvalue weighted by Gasteiger charge is 2.21. The van der Waals surface area contributed by atoms with E-state index < -0.39 is 24.2 Å². The molecule has 10 aromatic rings. The van der Waals surface area contributed by atoms with Crippen molar-refractivity contribution in [1.29, 1.82) is 0 Å². The lowest BCUT2D eigenvalue weighted by molar-refractivity contribution is 1.28. The first-order valence-electron chi connectivity index (χ1n) is 23.6. The van der Waals surface area contributed by atoms with Gasteiger partial charge >= 0.3 is 0 Å². The molecule has 10 aromatic carbocycles. The van der Waals surface area contributed by atoms with Crippen LogP contribution in [-0.2, 0) is 0 Å². The van der Waals surface area contributed by atoms with E-state index in [0.717, 1.165) is 49.7 Å². The van der Waals surface area contributed by atoms with Crippen molar-refractivity contribution in [3.05, 3.63) is 249 Å². The lowest BCUT2D eigenvalue weighted by atomic mass is 9.88. The van der Waals surface area contributed by atoms with Crippen molar-refractivity contribution in [2.75, 3.05) is 4.90 Å². The molecule has 0 aliphatic heterocycles. The molecule has 0 heterocycles. The Kier molecular flexibility index (Phi) is 7.54. The standard InChI is InChI=1S/C58H41N/c1-3-17-42(18-4-1)43-33-35-44(36-34-43)45-37-39-49(40-38-45)59(50-24-15-23-48(41-50)53-31-16-22-47-21-7-8-25-51(47)53)58-32-14-13-30-57(58)56-29-12-11-28-55(56)54-27-10-9-26-52(54)46-19-5-2-6-20-46/h1-41H/i15D,23D,24D,37D,38D,39D,40D,41D. The van der Waals surface area contributed by atoms with Gasteiger partial charge in [0.2, 0.25) is 0 Å². The highest BCUT2D eigenvalue weighted by atomic mass is 15.1. The monoisotopic (exact) mass is 759 g/mol. The number of anilines is 3. The van der Waals surface area contributed by atoms with Crippen molar-refractivity contribution in [1.82, 2.24) is 0 Å². The van der Waals surface area contributed by atoms with Crippen molar-refractivity contribution in [2.24, 2.45) is 0 Å². The first-order valence-corrected chi connectivity index (χ1v) is 19.6. The summed E-state index contributed by atoms with van der Waals surface area (Å²) in [7, 11) is 0. The van der Waals surface area contributed by atoms with Crippen LogP contribution in [0.5, 0.6) is 0 Å². The second-order valence-electron chi connectivity index (χ2n) is 14.2. The third-order valence-electron chi connectivity index (χ3n) is 10.7. The van der Waals surface area contributed by atoms with Gasteiger partial charge in [0.25, 0.3) is 0 Å². The van der Waals surface area contributed by atoms with E-state index in [4.69, 9.17) is 0 Å². The van der Waals surface area contributed by atoms with Gasteiger partial charge in [-0.1, -0.05) is 218 Å². The molecule has 0 aromatic heterocycles. The van der Waals surface area contributed by atoms with Crippen LogP contribution in [0.4, 0.5) is 17.1 Å². The molecule has 0 unspecified atom stereocenters. The molecule has 0 aliphatic rings. The van der Waals surface area contributed by atoms with Crippen molar-refractivity contribution in [3.63, 3.8) is 0 Å². The van der Waals surface area contributed by atoms with E-state index in [9.17, 15) is 11.0 Å². The minimum atomic E-state index is -0.464. The Hall–Kier alpha value is -7.74. The van der Waals surface area contributed by atoms with Gasteiger partial charge in [-0.05, 0) is 102 Å². The molecule has 59 heavy (non-hydrogen) atoms. The summed E-state index contributed by atoms with van der Waals surface area (Å²) in [6.07, 6.45) is 0. The Morgan fingerprint density at radius 2 is 0.780 bits per heavy atom. The highest BCUT2D eigenvalue weighted by molar-refractivity contribution is 5.99. The minimum Gasteiger partial charge on any atom is -0.310 e. The van der Waals surface area contributed by atoms with E-state index in [1.165, 1.54) is 4.90 Å². The Morgan fingerprint density at radius 3 is 1.49 bits per heavy atom. The number of para-hydroxylation sites is 1. The van der Waals surface area contributed by atoms with Crippen LogP contribution in [0.2, 0.25) is 0 Å². The van der Waals surface area contributed by atoms with Crippen LogP contribution in [0.3, 0.4) is 0 Å². The van der Waals surface area contributed by atoms with Gasteiger partial charge in [-0.3, -0.25) is 0 Å². The molecular formula is C58H41N. The van der Waals surface area contributed by atoms with Crippen molar-refractivity contribution >= 4 is 27.8 Å². The Bertz CT molecular complexity index is 3470. The van der Waals surface area contributed by atoms with Crippen LogP contribution in [0.1, 0.15) is 11.0 Å². The summed E-state index contributed by atoms with van der Waals surface area (Å²) in [5.74, 6) is 0. The third kappa shape index (κ3) is 7.12. The van der Waals surface area contributed by atoms with Crippen LogP contribution in [0, 0.1) is 0 Å². The van der Waals surface area contributed by atoms with Gasteiger partial charge in [0.05, 0.1) is 16.7 Å². The first kappa shape index (κ1) is 27.8. The number of hydrogen-bond donors (Lipinski definition) is 0. The van der Waals surface area contributed by atoms with Crippen molar-refractivity contribution < 1.29 is 11.0 Å². The van der Waals surface area contributed by atoms with Gasteiger partial charge in [-0.15, -0.1) is 0 Å². The second kappa shape index (κ2) is 16.0. The molecule has 10 rings (SSSR count). The maximum Gasteiger partial charge on any atom is 0.0651 e. The van der Waals surface area contributed by atoms with Gasteiger partial charge in [0.1, 0.15) is 0 Å². The fourth-order valence-corrected chi connectivity index (χ4v) is 7.84. The molecule has 0 bridgehead atoms. The van der Waals surface area contributed by atoms with Crippen LogP contribution in [0.25, 0.3) is 77.5 Å². The van der Waals surface area contributed by atoms with E-state index in [1.54, 1.807) is 30.3 Å². The zero-order valence-corrected chi connectivity index (χ0v) is 32.0. The molecule has 0 fully saturated rings.